The van der Waals surface area contributed by atoms with E-state index in [1.165, 1.54) is 12.1 Å². The quantitative estimate of drug-likeness (QED) is 0.363. The zero-order valence-electron chi connectivity index (χ0n) is 10.5. The van der Waals surface area contributed by atoms with E-state index in [1.54, 1.807) is 12.1 Å². The van der Waals surface area contributed by atoms with Crippen molar-refractivity contribution >= 4 is 23.1 Å². The van der Waals surface area contributed by atoms with Gasteiger partial charge in [-0.2, -0.15) is 4.99 Å². The van der Waals surface area contributed by atoms with E-state index in [0.29, 0.717) is 5.69 Å². The van der Waals surface area contributed by atoms with E-state index in [9.17, 15) is 14.9 Å². The van der Waals surface area contributed by atoms with E-state index < -0.39 is 4.92 Å². The third-order valence-corrected chi connectivity index (χ3v) is 3.28. The molecule has 0 saturated carbocycles. The number of hydrogen-bond acceptors (Lipinski definition) is 5. The molecule has 0 spiro atoms. The molecule has 1 aromatic rings. The summed E-state index contributed by atoms with van der Waals surface area (Å²) in [6, 6.07) is 4.60. The Bertz CT molecular complexity index is 516. The van der Waals surface area contributed by atoms with Gasteiger partial charge in [0.05, 0.1) is 10.6 Å². The van der Waals surface area contributed by atoms with Crippen LogP contribution < -0.4 is 4.90 Å². The van der Waals surface area contributed by atoms with Crippen LogP contribution in [0.3, 0.4) is 0 Å². The topological polar surface area (TPSA) is 75.8 Å². The molecule has 0 N–H and O–H groups in total. The third-order valence-electron chi connectivity index (χ3n) is 3.28. The fourth-order valence-electron chi connectivity index (χ4n) is 2.36. The normalized spacial score (nSPS) is 15.5. The van der Waals surface area contributed by atoms with E-state index in [0.717, 1.165) is 38.8 Å². The molecule has 0 aliphatic carbocycles. The van der Waals surface area contributed by atoms with Crippen LogP contribution in [0, 0.1) is 10.1 Å². The van der Waals surface area contributed by atoms with Gasteiger partial charge in [0.2, 0.25) is 6.08 Å². The van der Waals surface area contributed by atoms with Gasteiger partial charge in [-0.15, -0.1) is 0 Å². The standard InChI is InChI=1S/C13H15N3O3/c17-10-14-11-5-6-12(13(9-11)16(18)19)15-7-3-1-2-4-8-15/h5-6,9H,1-4,7-8H2. The highest BCUT2D eigenvalue weighted by Crippen LogP contribution is 2.33. The molecule has 6 heteroatoms. The summed E-state index contributed by atoms with van der Waals surface area (Å²) >= 11 is 0. The number of rotatable bonds is 3. The van der Waals surface area contributed by atoms with Crippen molar-refractivity contribution in [2.45, 2.75) is 25.7 Å². The van der Waals surface area contributed by atoms with Crippen LogP contribution in [0.4, 0.5) is 17.1 Å². The van der Waals surface area contributed by atoms with Gasteiger partial charge in [-0.25, -0.2) is 4.79 Å². The maximum absolute atomic E-state index is 11.1. The summed E-state index contributed by atoms with van der Waals surface area (Å²) in [5.74, 6) is 0. The van der Waals surface area contributed by atoms with Gasteiger partial charge < -0.3 is 4.90 Å². The lowest BCUT2D eigenvalue weighted by Crippen LogP contribution is -2.24. The lowest BCUT2D eigenvalue weighted by molar-refractivity contribution is -0.384. The number of hydrogen-bond donors (Lipinski definition) is 0. The Hall–Kier alpha value is -2.20. The molecule has 0 amide bonds. The molecule has 6 nitrogen and oxygen atoms in total. The molecule has 1 fully saturated rings. The zero-order chi connectivity index (χ0) is 13.7. The Balaban J connectivity index is 2.37. The second-order valence-electron chi connectivity index (χ2n) is 4.53. The Kier molecular flexibility index (Phi) is 4.26. The highest BCUT2D eigenvalue weighted by atomic mass is 16.6. The van der Waals surface area contributed by atoms with E-state index in [4.69, 9.17) is 0 Å². The van der Waals surface area contributed by atoms with Gasteiger partial charge in [0.1, 0.15) is 5.69 Å². The SMILES string of the molecule is O=C=Nc1ccc(N2CCCCCC2)c([N+](=O)[O-])c1. The Morgan fingerprint density at radius 2 is 1.89 bits per heavy atom. The second-order valence-corrected chi connectivity index (χ2v) is 4.53. The molecule has 1 saturated heterocycles. The smallest absolute Gasteiger partial charge is 0.294 e. The van der Waals surface area contributed by atoms with Crippen LogP contribution in [-0.4, -0.2) is 24.1 Å². The number of nitrogens with zero attached hydrogens (tertiary/aromatic N) is 3. The van der Waals surface area contributed by atoms with Crippen LogP contribution in [0.2, 0.25) is 0 Å². The van der Waals surface area contributed by atoms with E-state index >= 15 is 0 Å². The van der Waals surface area contributed by atoms with Gasteiger partial charge in [0.15, 0.2) is 0 Å². The van der Waals surface area contributed by atoms with Gasteiger partial charge in [0.25, 0.3) is 5.69 Å². The summed E-state index contributed by atoms with van der Waals surface area (Å²) in [5.41, 5.74) is 0.871. The first-order valence-corrected chi connectivity index (χ1v) is 6.33. The van der Waals surface area contributed by atoms with Crippen LogP contribution >= 0.6 is 0 Å². The monoisotopic (exact) mass is 261 g/mol. The van der Waals surface area contributed by atoms with Crippen molar-refractivity contribution in [3.63, 3.8) is 0 Å². The minimum atomic E-state index is -0.427. The summed E-state index contributed by atoms with van der Waals surface area (Å²) in [7, 11) is 0. The van der Waals surface area contributed by atoms with Crippen molar-refractivity contribution in [1.29, 1.82) is 0 Å². The molecule has 0 aromatic heterocycles. The molecule has 0 unspecified atom stereocenters. The molecule has 0 bridgehead atoms. The summed E-state index contributed by atoms with van der Waals surface area (Å²) in [4.78, 5) is 26.4. The molecule has 19 heavy (non-hydrogen) atoms. The Labute approximate surface area is 110 Å². The fourth-order valence-corrected chi connectivity index (χ4v) is 2.36. The maximum Gasteiger partial charge on any atom is 0.294 e. The molecular weight excluding hydrogens is 246 g/mol. The number of nitro benzene ring substituents is 1. The van der Waals surface area contributed by atoms with Gasteiger partial charge in [-0.05, 0) is 25.0 Å². The van der Waals surface area contributed by atoms with Crippen molar-refractivity contribution in [1.82, 2.24) is 0 Å². The first-order chi connectivity index (χ1) is 9.22. The van der Waals surface area contributed by atoms with Crippen molar-refractivity contribution in [2.75, 3.05) is 18.0 Å². The first-order valence-electron chi connectivity index (χ1n) is 6.33. The molecule has 1 heterocycles. The van der Waals surface area contributed by atoms with Crippen molar-refractivity contribution < 1.29 is 9.72 Å². The van der Waals surface area contributed by atoms with E-state index in [1.807, 2.05) is 4.90 Å². The average Bonchev–Trinajstić information content (AvgIpc) is 2.68. The number of benzene rings is 1. The fraction of sp³-hybridized carbons (Fsp3) is 0.462. The van der Waals surface area contributed by atoms with Gasteiger partial charge in [-0.3, -0.25) is 10.1 Å². The predicted octanol–water partition coefficient (Wildman–Crippen LogP) is 2.94. The van der Waals surface area contributed by atoms with Crippen LogP contribution in [0.1, 0.15) is 25.7 Å². The summed E-state index contributed by atoms with van der Waals surface area (Å²) < 4.78 is 0. The maximum atomic E-state index is 11.1. The summed E-state index contributed by atoms with van der Waals surface area (Å²) in [5, 5.41) is 11.1. The van der Waals surface area contributed by atoms with Crippen molar-refractivity contribution in [3.8, 4) is 0 Å². The molecule has 1 aliphatic heterocycles. The second kappa shape index (κ2) is 6.11. The van der Waals surface area contributed by atoms with E-state index in [2.05, 4.69) is 4.99 Å². The molecular formula is C13H15N3O3. The molecule has 0 radical (unpaired) electrons. The van der Waals surface area contributed by atoms with Crippen LogP contribution in [0.25, 0.3) is 0 Å². The largest absolute Gasteiger partial charge is 0.366 e. The first kappa shape index (κ1) is 13.2. The van der Waals surface area contributed by atoms with Gasteiger partial charge in [0, 0.05) is 19.2 Å². The van der Waals surface area contributed by atoms with Gasteiger partial charge in [-0.1, -0.05) is 12.8 Å². The molecule has 1 aromatic carbocycles. The average molecular weight is 261 g/mol. The highest BCUT2D eigenvalue weighted by molar-refractivity contribution is 5.69. The van der Waals surface area contributed by atoms with Crippen LogP contribution in [-0.2, 0) is 4.79 Å². The number of isocyanates is 1. The molecule has 2 rings (SSSR count). The lowest BCUT2D eigenvalue weighted by Gasteiger charge is -2.22. The van der Waals surface area contributed by atoms with E-state index in [-0.39, 0.29) is 11.4 Å². The van der Waals surface area contributed by atoms with Gasteiger partial charge >= 0.3 is 0 Å². The predicted molar refractivity (Wildman–Crippen MR) is 71.6 cm³/mol. The summed E-state index contributed by atoms with van der Waals surface area (Å²) in [6.45, 7) is 1.66. The minimum absolute atomic E-state index is 0.00148. The minimum Gasteiger partial charge on any atom is -0.366 e. The van der Waals surface area contributed by atoms with Crippen LogP contribution in [0.15, 0.2) is 23.2 Å². The van der Waals surface area contributed by atoms with Crippen molar-refractivity contribution in [3.05, 3.63) is 28.3 Å². The number of aliphatic imine (C=N–C) groups is 1. The Morgan fingerprint density at radius 1 is 1.21 bits per heavy atom. The number of carbonyl (C=O) groups excluding carboxylic acids is 1. The zero-order valence-corrected chi connectivity index (χ0v) is 10.5. The summed E-state index contributed by atoms with van der Waals surface area (Å²) in [6.07, 6.45) is 5.82. The molecule has 100 valence electrons. The molecule has 1 aliphatic rings. The highest BCUT2D eigenvalue weighted by Gasteiger charge is 2.20. The third kappa shape index (κ3) is 3.17. The number of nitro groups is 1. The van der Waals surface area contributed by atoms with Crippen molar-refractivity contribution in [2.24, 2.45) is 4.99 Å². The molecule has 0 atom stereocenters. The van der Waals surface area contributed by atoms with Crippen LogP contribution in [0.5, 0.6) is 0 Å². The lowest BCUT2D eigenvalue weighted by atomic mass is 10.2. The number of anilines is 1. The Morgan fingerprint density at radius 3 is 2.47 bits per heavy atom.